The zero-order chi connectivity index (χ0) is 17.2. The Morgan fingerprint density at radius 2 is 2.00 bits per heavy atom. The quantitative estimate of drug-likeness (QED) is 0.710. The molecule has 1 unspecified atom stereocenters. The lowest BCUT2D eigenvalue weighted by atomic mass is 10.1. The summed E-state index contributed by atoms with van der Waals surface area (Å²) in [6, 6.07) is 7.70. The third kappa shape index (κ3) is 7.30. The molecule has 0 bridgehead atoms. The number of carbonyl (C=O) groups is 1. The number of carbonyl (C=O) groups excluding carboxylic acids is 1. The maximum absolute atomic E-state index is 11.9. The van der Waals surface area contributed by atoms with Crippen LogP contribution in [0.3, 0.4) is 0 Å². The molecule has 5 heteroatoms. The van der Waals surface area contributed by atoms with Crippen molar-refractivity contribution >= 4 is 5.91 Å². The third-order valence-corrected chi connectivity index (χ3v) is 3.12. The van der Waals surface area contributed by atoms with Gasteiger partial charge < -0.3 is 19.7 Å². The lowest BCUT2D eigenvalue weighted by Crippen LogP contribution is -2.29. The predicted molar refractivity (Wildman–Crippen MR) is 92.7 cm³/mol. The van der Waals surface area contributed by atoms with Gasteiger partial charge in [-0.05, 0) is 34.0 Å². The molecule has 0 aliphatic rings. The molecule has 0 aliphatic carbocycles. The molecule has 0 aromatic heterocycles. The fourth-order valence-corrected chi connectivity index (χ4v) is 2.12. The number of methoxy groups -OCH3 is 1. The van der Waals surface area contributed by atoms with Crippen molar-refractivity contribution in [3.05, 3.63) is 42.0 Å². The Balaban J connectivity index is 2.72. The van der Waals surface area contributed by atoms with Crippen LogP contribution in [0.2, 0.25) is 0 Å². The number of nitrogens with zero attached hydrogens (tertiary/aromatic N) is 1. The van der Waals surface area contributed by atoms with Crippen LogP contribution in [0.25, 0.3) is 0 Å². The van der Waals surface area contributed by atoms with E-state index in [4.69, 9.17) is 9.47 Å². The predicted octanol–water partition coefficient (Wildman–Crippen LogP) is 2.40. The summed E-state index contributed by atoms with van der Waals surface area (Å²) in [5.41, 5.74) is 0.932. The van der Waals surface area contributed by atoms with Crippen LogP contribution in [0.5, 0.6) is 5.75 Å². The molecule has 1 aromatic carbocycles. The van der Waals surface area contributed by atoms with Gasteiger partial charge in [-0.25, -0.2) is 0 Å². The van der Waals surface area contributed by atoms with E-state index >= 15 is 0 Å². The normalized spacial score (nSPS) is 12.8. The molecule has 0 aliphatic heterocycles. The Bertz CT molecular complexity index is 513. The second kappa shape index (κ2) is 10.0. The summed E-state index contributed by atoms with van der Waals surface area (Å²) in [5, 5.41) is 2.89. The van der Waals surface area contributed by atoms with Gasteiger partial charge in [-0.1, -0.05) is 24.3 Å². The Hall–Kier alpha value is -1.85. The molecule has 1 aromatic rings. The number of hydrogen-bond donors (Lipinski definition) is 1. The van der Waals surface area contributed by atoms with E-state index in [1.807, 2.05) is 63.2 Å². The van der Waals surface area contributed by atoms with E-state index < -0.39 is 0 Å². The number of hydrogen-bond acceptors (Lipinski definition) is 4. The standard InChI is InChI=1S/C18H28N2O3/c1-14(2)23-17(15-9-6-7-10-16(15)22-5)13-19-18(21)11-8-12-20(3)4/h6-11,14,17H,12-13H2,1-5H3,(H,19,21)/b11-8+. The van der Waals surface area contributed by atoms with Crippen molar-refractivity contribution in [2.24, 2.45) is 0 Å². The van der Waals surface area contributed by atoms with Crippen molar-refractivity contribution in [2.75, 3.05) is 34.3 Å². The third-order valence-electron chi connectivity index (χ3n) is 3.12. The number of amides is 1. The summed E-state index contributed by atoms with van der Waals surface area (Å²) >= 11 is 0. The van der Waals surface area contributed by atoms with Gasteiger partial charge in [0.05, 0.1) is 13.2 Å². The Morgan fingerprint density at radius 1 is 1.30 bits per heavy atom. The van der Waals surface area contributed by atoms with Crippen LogP contribution in [0, 0.1) is 0 Å². The van der Waals surface area contributed by atoms with Crippen molar-refractivity contribution in [3.63, 3.8) is 0 Å². The number of nitrogens with one attached hydrogen (secondary N) is 1. The van der Waals surface area contributed by atoms with E-state index in [2.05, 4.69) is 5.32 Å². The Kier molecular flexibility index (Phi) is 8.37. The molecule has 1 amide bonds. The summed E-state index contributed by atoms with van der Waals surface area (Å²) in [5.74, 6) is 0.634. The van der Waals surface area contributed by atoms with Gasteiger partial charge in [0.25, 0.3) is 0 Å². The van der Waals surface area contributed by atoms with E-state index in [0.29, 0.717) is 6.54 Å². The monoisotopic (exact) mass is 320 g/mol. The van der Waals surface area contributed by atoms with Crippen molar-refractivity contribution in [2.45, 2.75) is 26.1 Å². The molecule has 1 rings (SSSR count). The number of likely N-dealkylation sites (N-methyl/N-ethyl adjacent to an activating group) is 1. The second-order valence-electron chi connectivity index (χ2n) is 5.83. The van der Waals surface area contributed by atoms with Gasteiger partial charge in [0.1, 0.15) is 11.9 Å². The van der Waals surface area contributed by atoms with Gasteiger partial charge in [-0.15, -0.1) is 0 Å². The van der Waals surface area contributed by atoms with Gasteiger partial charge in [0.2, 0.25) is 5.91 Å². The lowest BCUT2D eigenvalue weighted by molar-refractivity contribution is -0.117. The summed E-state index contributed by atoms with van der Waals surface area (Å²) in [6.45, 7) is 5.07. The van der Waals surface area contributed by atoms with E-state index in [-0.39, 0.29) is 18.1 Å². The minimum Gasteiger partial charge on any atom is -0.496 e. The fourth-order valence-electron chi connectivity index (χ4n) is 2.12. The average molecular weight is 320 g/mol. The van der Waals surface area contributed by atoms with E-state index in [1.54, 1.807) is 13.2 Å². The highest BCUT2D eigenvalue weighted by Crippen LogP contribution is 2.27. The van der Waals surface area contributed by atoms with Crippen molar-refractivity contribution < 1.29 is 14.3 Å². The van der Waals surface area contributed by atoms with Gasteiger partial charge in [0, 0.05) is 24.7 Å². The minimum absolute atomic E-state index is 0.0473. The maximum atomic E-state index is 11.9. The van der Waals surface area contributed by atoms with Crippen molar-refractivity contribution in [1.29, 1.82) is 0 Å². The second-order valence-corrected chi connectivity index (χ2v) is 5.83. The minimum atomic E-state index is -0.252. The van der Waals surface area contributed by atoms with Gasteiger partial charge in [-0.3, -0.25) is 4.79 Å². The van der Waals surface area contributed by atoms with Crippen LogP contribution in [0.4, 0.5) is 0 Å². The van der Waals surface area contributed by atoms with E-state index in [9.17, 15) is 4.79 Å². The summed E-state index contributed by atoms with van der Waals surface area (Å²) in [4.78, 5) is 13.9. The molecule has 0 saturated heterocycles. The van der Waals surface area contributed by atoms with Crippen LogP contribution in [-0.2, 0) is 9.53 Å². The van der Waals surface area contributed by atoms with Gasteiger partial charge in [0.15, 0.2) is 0 Å². The first-order valence-electron chi connectivity index (χ1n) is 7.81. The van der Waals surface area contributed by atoms with Crippen LogP contribution >= 0.6 is 0 Å². The molecule has 0 spiro atoms. The number of benzene rings is 1. The molecule has 0 radical (unpaired) electrons. The summed E-state index contributed by atoms with van der Waals surface area (Å²) in [6.07, 6.45) is 3.18. The molecule has 1 atom stereocenters. The molecular formula is C18H28N2O3. The first-order valence-corrected chi connectivity index (χ1v) is 7.81. The molecule has 0 fully saturated rings. The highest BCUT2D eigenvalue weighted by Gasteiger charge is 2.18. The first-order chi connectivity index (χ1) is 10.9. The smallest absolute Gasteiger partial charge is 0.243 e. The fraction of sp³-hybridized carbons (Fsp3) is 0.500. The topological polar surface area (TPSA) is 50.8 Å². The van der Waals surface area contributed by atoms with Crippen molar-refractivity contribution in [1.82, 2.24) is 10.2 Å². The molecule has 0 saturated carbocycles. The van der Waals surface area contributed by atoms with E-state index in [0.717, 1.165) is 17.9 Å². The summed E-state index contributed by atoms with van der Waals surface area (Å²) in [7, 11) is 5.54. The molecular weight excluding hydrogens is 292 g/mol. The Labute approximate surface area is 139 Å². The first kappa shape index (κ1) is 19.2. The molecule has 128 valence electrons. The average Bonchev–Trinajstić information content (AvgIpc) is 2.50. The lowest BCUT2D eigenvalue weighted by Gasteiger charge is -2.23. The van der Waals surface area contributed by atoms with Crippen LogP contribution in [-0.4, -0.2) is 51.2 Å². The maximum Gasteiger partial charge on any atom is 0.243 e. The largest absolute Gasteiger partial charge is 0.496 e. The van der Waals surface area contributed by atoms with Crippen molar-refractivity contribution in [3.8, 4) is 5.75 Å². The zero-order valence-corrected chi connectivity index (χ0v) is 14.7. The number of ether oxygens (including phenoxy) is 2. The van der Waals surface area contributed by atoms with Crippen LogP contribution in [0.15, 0.2) is 36.4 Å². The zero-order valence-electron chi connectivity index (χ0n) is 14.7. The number of para-hydroxylation sites is 1. The highest BCUT2D eigenvalue weighted by molar-refractivity contribution is 5.87. The SMILES string of the molecule is COc1ccccc1C(CNC(=O)/C=C/CN(C)C)OC(C)C. The van der Waals surface area contributed by atoms with Gasteiger partial charge in [-0.2, -0.15) is 0 Å². The molecule has 5 nitrogen and oxygen atoms in total. The molecule has 0 heterocycles. The number of rotatable bonds is 9. The molecule has 23 heavy (non-hydrogen) atoms. The van der Waals surface area contributed by atoms with Crippen LogP contribution in [0.1, 0.15) is 25.5 Å². The summed E-state index contributed by atoms with van der Waals surface area (Å²) < 4.78 is 11.3. The molecule has 1 N–H and O–H groups in total. The van der Waals surface area contributed by atoms with Gasteiger partial charge >= 0.3 is 0 Å². The highest BCUT2D eigenvalue weighted by atomic mass is 16.5. The van der Waals surface area contributed by atoms with Crippen LogP contribution < -0.4 is 10.1 Å². The Morgan fingerprint density at radius 3 is 2.61 bits per heavy atom. The van der Waals surface area contributed by atoms with E-state index in [1.165, 1.54) is 0 Å².